The number of benzene rings is 1. The molecule has 1 unspecified atom stereocenters. The lowest BCUT2D eigenvalue weighted by Gasteiger charge is -2.33. The van der Waals surface area contributed by atoms with E-state index in [1.54, 1.807) is 19.9 Å². The van der Waals surface area contributed by atoms with E-state index in [0.717, 1.165) is 29.1 Å². The second kappa shape index (κ2) is 7.04. The van der Waals surface area contributed by atoms with Crippen LogP contribution in [-0.2, 0) is 10.0 Å². The molecule has 1 aromatic rings. The number of rotatable bonds is 5. The summed E-state index contributed by atoms with van der Waals surface area (Å²) in [5.74, 6) is 0.0870. The largest absolute Gasteiger partial charge is 0.339 e. The molecule has 8 heteroatoms. The normalized spacial score (nSPS) is 26.1. The smallest absolute Gasteiger partial charge is 0.269 e. The van der Waals surface area contributed by atoms with Crippen LogP contribution in [-0.4, -0.2) is 73.1 Å². The second-order valence-corrected chi connectivity index (χ2v) is 11.9. The maximum absolute atomic E-state index is 13.1. The molecule has 2 aliphatic heterocycles. The molecule has 7 nitrogen and oxygen atoms in total. The number of carbonyl (C=O) groups excluding carboxylic acids is 2. The first-order valence-electron chi connectivity index (χ1n) is 11.4. The van der Waals surface area contributed by atoms with E-state index in [9.17, 15) is 18.0 Å². The van der Waals surface area contributed by atoms with Crippen LogP contribution in [0.25, 0.3) is 0 Å². The van der Waals surface area contributed by atoms with Crippen LogP contribution in [0.4, 0.5) is 0 Å². The minimum atomic E-state index is -3.90. The number of hydrogen-bond acceptors (Lipinski definition) is 5. The monoisotopic (exact) mass is 445 g/mol. The van der Waals surface area contributed by atoms with Crippen LogP contribution in [0.2, 0.25) is 0 Å². The van der Waals surface area contributed by atoms with Crippen LogP contribution < -0.4 is 0 Å². The van der Waals surface area contributed by atoms with E-state index in [2.05, 4.69) is 11.9 Å². The molecule has 31 heavy (non-hydrogen) atoms. The zero-order valence-electron chi connectivity index (χ0n) is 18.5. The molecule has 2 saturated carbocycles. The first-order valence-corrected chi connectivity index (χ1v) is 12.8. The number of likely N-dealkylation sites (tertiary alicyclic amines) is 1. The van der Waals surface area contributed by atoms with Gasteiger partial charge >= 0.3 is 0 Å². The highest BCUT2D eigenvalue weighted by Gasteiger charge is 2.55. The highest BCUT2D eigenvalue weighted by atomic mass is 32.2. The van der Waals surface area contributed by atoms with Crippen LogP contribution in [0.3, 0.4) is 0 Å². The first-order chi connectivity index (χ1) is 14.6. The molecule has 1 aromatic carbocycles. The SMILES string of the molecule is CC(C)N1C(=O)c2ccc(C(=O)N3CCC4(CC3)CC4CN(C)C3CC3)cc2S1(=O)=O. The molecule has 0 N–H and O–H groups in total. The molecule has 2 aliphatic carbocycles. The summed E-state index contributed by atoms with van der Waals surface area (Å²) in [5.41, 5.74) is 0.895. The molecule has 2 amide bonds. The van der Waals surface area contributed by atoms with E-state index in [1.165, 1.54) is 37.9 Å². The maximum atomic E-state index is 13.1. The van der Waals surface area contributed by atoms with Crippen molar-refractivity contribution in [1.82, 2.24) is 14.1 Å². The molecule has 3 fully saturated rings. The summed E-state index contributed by atoms with van der Waals surface area (Å²) in [7, 11) is -1.67. The van der Waals surface area contributed by atoms with Crippen LogP contribution in [0.5, 0.6) is 0 Å². The van der Waals surface area contributed by atoms with Gasteiger partial charge in [-0.15, -0.1) is 0 Å². The minimum absolute atomic E-state index is 0.0455. The van der Waals surface area contributed by atoms with Gasteiger partial charge < -0.3 is 9.80 Å². The van der Waals surface area contributed by atoms with E-state index in [4.69, 9.17) is 0 Å². The Morgan fingerprint density at radius 2 is 1.90 bits per heavy atom. The van der Waals surface area contributed by atoms with Gasteiger partial charge in [-0.2, -0.15) is 0 Å². The molecule has 0 radical (unpaired) electrons. The minimum Gasteiger partial charge on any atom is -0.339 e. The molecule has 168 valence electrons. The topological polar surface area (TPSA) is 78.0 Å². The Hall–Kier alpha value is -1.93. The number of piperidine rings is 1. The van der Waals surface area contributed by atoms with Gasteiger partial charge in [-0.1, -0.05) is 0 Å². The van der Waals surface area contributed by atoms with Crippen molar-refractivity contribution in [2.24, 2.45) is 11.3 Å². The molecule has 1 saturated heterocycles. The highest BCUT2D eigenvalue weighted by molar-refractivity contribution is 7.90. The molecular weight excluding hydrogens is 414 g/mol. The van der Waals surface area contributed by atoms with Gasteiger partial charge in [-0.05, 0) is 82.5 Å². The van der Waals surface area contributed by atoms with Gasteiger partial charge in [-0.25, -0.2) is 12.7 Å². The molecule has 0 aromatic heterocycles. The summed E-state index contributed by atoms with van der Waals surface area (Å²) >= 11 is 0. The Labute approximate surface area is 184 Å². The van der Waals surface area contributed by atoms with Crippen molar-refractivity contribution in [3.8, 4) is 0 Å². The van der Waals surface area contributed by atoms with Gasteiger partial charge in [0.15, 0.2) is 0 Å². The molecule has 1 atom stereocenters. The Bertz CT molecular complexity index is 1040. The van der Waals surface area contributed by atoms with E-state index < -0.39 is 22.0 Å². The van der Waals surface area contributed by atoms with Gasteiger partial charge in [0.25, 0.3) is 21.8 Å². The molecule has 5 rings (SSSR count). The summed E-state index contributed by atoms with van der Waals surface area (Å²) < 4.78 is 26.6. The highest BCUT2D eigenvalue weighted by Crippen LogP contribution is 2.59. The predicted molar refractivity (Wildman–Crippen MR) is 116 cm³/mol. The van der Waals surface area contributed by atoms with Crippen molar-refractivity contribution in [3.63, 3.8) is 0 Å². The number of sulfonamides is 1. The third-order valence-electron chi connectivity index (χ3n) is 7.75. The van der Waals surface area contributed by atoms with E-state index in [1.807, 2.05) is 4.90 Å². The lowest BCUT2D eigenvalue weighted by molar-refractivity contribution is 0.0663. The molecule has 2 heterocycles. The number of carbonyl (C=O) groups is 2. The van der Waals surface area contributed by atoms with Gasteiger partial charge in [-0.3, -0.25) is 9.59 Å². The molecule has 4 aliphatic rings. The van der Waals surface area contributed by atoms with Crippen molar-refractivity contribution in [2.45, 2.75) is 62.9 Å². The van der Waals surface area contributed by atoms with Gasteiger partial charge in [0.05, 0.1) is 5.56 Å². The van der Waals surface area contributed by atoms with Crippen molar-refractivity contribution < 1.29 is 18.0 Å². The Kier molecular flexibility index (Phi) is 4.75. The number of amides is 2. The maximum Gasteiger partial charge on any atom is 0.269 e. The average Bonchev–Trinajstić information content (AvgIpc) is 3.64. The Morgan fingerprint density at radius 3 is 2.52 bits per heavy atom. The number of hydrogen-bond donors (Lipinski definition) is 0. The lowest BCUT2D eigenvalue weighted by Crippen LogP contribution is -2.40. The summed E-state index contributed by atoms with van der Waals surface area (Å²) in [6.07, 6.45) is 5.96. The number of nitrogens with zero attached hydrogens (tertiary/aromatic N) is 3. The zero-order valence-corrected chi connectivity index (χ0v) is 19.3. The van der Waals surface area contributed by atoms with E-state index in [-0.39, 0.29) is 16.4 Å². The van der Waals surface area contributed by atoms with Crippen molar-refractivity contribution in [3.05, 3.63) is 29.3 Å². The fraction of sp³-hybridized carbons (Fsp3) is 0.652. The zero-order chi connectivity index (χ0) is 22.1. The fourth-order valence-corrected chi connectivity index (χ4v) is 7.34. The van der Waals surface area contributed by atoms with E-state index >= 15 is 0 Å². The van der Waals surface area contributed by atoms with Crippen molar-refractivity contribution in [2.75, 3.05) is 26.7 Å². The van der Waals surface area contributed by atoms with Crippen LogP contribution in [0, 0.1) is 11.3 Å². The van der Waals surface area contributed by atoms with Crippen LogP contribution in [0.1, 0.15) is 66.7 Å². The van der Waals surface area contributed by atoms with Crippen molar-refractivity contribution in [1.29, 1.82) is 0 Å². The third kappa shape index (κ3) is 3.39. The van der Waals surface area contributed by atoms with Crippen molar-refractivity contribution >= 4 is 21.8 Å². The van der Waals surface area contributed by atoms with Gasteiger partial charge in [0, 0.05) is 37.3 Å². The average molecular weight is 446 g/mol. The fourth-order valence-electron chi connectivity index (χ4n) is 5.54. The standard InChI is InChI=1S/C23H31N3O4S/c1-15(2)26-22(28)19-7-4-16(12-20(19)31(26,29)30)21(27)25-10-8-23(9-11-25)13-17(23)14-24(3)18-5-6-18/h4,7,12,15,17-18H,5-6,8-11,13-14H2,1-3H3. The van der Waals surface area contributed by atoms with Gasteiger partial charge in [0.1, 0.15) is 4.90 Å². The summed E-state index contributed by atoms with van der Waals surface area (Å²) in [6, 6.07) is 4.79. The second-order valence-electron chi connectivity index (χ2n) is 10.1. The van der Waals surface area contributed by atoms with E-state index in [0.29, 0.717) is 24.1 Å². The molecular formula is C23H31N3O4S. The van der Waals surface area contributed by atoms with Gasteiger partial charge in [0.2, 0.25) is 0 Å². The first kappa shape index (κ1) is 20.9. The number of fused-ring (bicyclic) bond motifs is 1. The summed E-state index contributed by atoms with van der Waals surface area (Å²) in [4.78, 5) is 29.9. The summed E-state index contributed by atoms with van der Waals surface area (Å²) in [6.45, 7) is 5.93. The quantitative estimate of drug-likeness (QED) is 0.696. The Balaban J connectivity index is 1.27. The lowest BCUT2D eigenvalue weighted by atomic mass is 9.90. The molecule has 0 bridgehead atoms. The summed E-state index contributed by atoms with van der Waals surface area (Å²) in [5, 5.41) is 0. The van der Waals surface area contributed by atoms with Crippen LogP contribution in [0.15, 0.2) is 23.1 Å². The molecule has 1 spiro atoms. The third-order valence-corrected chi connectivity index (χ3v) is 9.75. The van der Waals surface area contributed by atoms with Crippen LogP contribution >= 0.6 is 0 Å². The Morgan fingerprint density at radius 1 is 1.23 bits per heavy atom. The predicted octanol–water partition coefficient (Wildman–Crippen LogP) is 2.58.